The van der Waals surface area contributed by atoms with Crippen LogP contribution in [0.5, 0.6) is 0 Å². The van der Waals surface area contributed by atoms with Crippen LogP contribution >= 0.6 is 0 Å². The largest absolute Gasteiger partial charge is 0.433 e. The van der Waals surface area contributed by atoms with E-state index in [1.807, 2.05) is 0 Å². The molecule has 2 rings (SSSR count). The molecular formula is C12H16F3N3O2S. The van der Waals surface area contributed by atoms with Crippen LogP contribution in [0.1, 0.15) is 36.0 Å². The highest BCUT2D eigenvalue weighted by Gasteiger charge is 2.35. The van der Waals surface area contributed by atoms with Crippen molar-refractivity contribution >= 4 is 10.0 Å². The Morgan fingerprint density at radius 1 is 1.33 bits per heavy atom. The average Bonchev–Trinajstić information content (AvgIpc) is 2.36. The van der Waals surface area contributed by atoms with Gasteiger partial charge >= 0.3 is 6.18 Å². The van der Waals surface area contributed by atoms with Gasteiger partial charge in [-0.15, -0.1) is 0 Å². The lowest BCUT2D eigenvalue weighted by atomic mass is 9.98. The number of halogens is 3. The molecule has 0 spiro atoms. The first-order valence-electron chi connectivity index (χ1n) is 6.45. The van der Waals surface area contributed by atoms with Crippen molar-refractivity contribution in [2.45, 2.75) is 31.9 Å². The predicted octanol–water partition coefficient (Wildman–Crippen LogP) is 1.94. The Hall–Kier alpha value is -1.22. The molecule has 1 aliphatic rings. The summed E-state index contributed by atoms with van der Waals surface area (Å²) >= 11 is 0. The van der Waals surface area contributed by atoms with E-state index in [4.69, 9.17) is 0 Å². The van der Waals surface area contributed by atoms with Gasteiger partial charge in [-0.3, -0.25) is 0 Å². The summed E-state index contributed by atoms with van der Waals surface area (Å²) in [5, 5.41) is 0. The molecule has 21 heavy (non-hydrogen) atoms. The quantitative estimate of drug-likeness (QED) is 0.834. The second kappa shape index (κ2) is 5.53. The number of rotatable bonds is 2. The van der Waals surface area contributed by atoms with E-state index in [0.717, 1.165) is 12.3 Å². The van der Waals surface area contributed by atoms with Crippen LogP contribution in [0, 0.1) is 6.92 Å². The maximum Gasteiger partial charge on any atom is 0.433 e. The Balaban J connectivity index is 2.31. The number of sulfonamides is 1. The lowest BCUT2D eigenvalue weighted by Gasteiger charge is -2.30. The molecule has 1 saturated heterocycles. The second-order valence-corrected chi connectivity index (χ2v) is 7.19. The first-order valence-corrected chi connectivity index (χ1v) is 8.30. The molecule has 1 aromatic rings. The van der Waals surface area contributed by atoms with E-state index >= 15 is 0 Å². The number of aryl methyl sites for hydroxylation is 1. The van der Waals surface area contributed by atoms with Gasteiger partial charge in [0.05, 0.1) is 6.26 Å². The molecule has 1 fully saturated rings. The van der Waals surface area contributed by atoms with Gasteiger partial charge in [0.1, 0.15) is 11.5 Å². The zero-order valence-electron chi connectivity index (χ0n) is 11.7. The summed E-state index contributed by atoms with van der Waals surface area (Å²) in [4.78, 5) is 7.64. The number of piperidine rings is 1. The van der Waals surface area contributed by atoms with Gasteiger partial charge in [0.25, 0.3) is 0 Å². The zero-order valence-corrected chi connectivity index (χ0v) is 12.5. The molecule has 0 amide bonds. The van der Waals surface area contributed by atoms with E-state index in [-0.39, 0.29) is 18.1 Å². The summed E-state index contributed by atoms with van der Waals surface area (Å²) in [6.07, 6.45) is -2.29. The van der Waals surface area contributed by atoms with Gasteiger partial charge in [0.2, 0.25) is 10.0 Å². The molecule has 0 aliphatic carbocycles. The summed E-state index contributed by atoms with van der Waals surface area (Å²) in [6.45, 7) is 1.98. The third kappa shape index (κ3) is 3.91. The Bertz CT molecular complexity index is 631. The standard InChI is InChI=1S/C12H16F3N3O2S/c1-8-6-10(12(13,14)15)17-11(16-8)9-4-3-5-18(7-9)21(2,19)20/h6,9H,3-5,7H2,1-2H3/t9-/m1/s1. The molecule has 1 atom stereocenters. The third-order valence-corrected chi connectivity index (χ3v) is 4.65. The molecule has 2 heterocycles. The van der Waals surface area contributed by atoms with Crippen molar-refractivity contribution in [2.24, 2.45) is 0 Å². The molecule has 1 aromatic heterocycles. The molecule has 118 valence electrons. The van der Waals surface area contributed by atoms with E-state index in [2.05, 4.69) is 9.97 Å². The van der Waals surface area contributed by atoms with Crippen LogP contribution in [0.15, 0.2) is 6.07 Å². The minimum Gasteiger partial charge on any atom is -0.238 e. The van der Waals surface area contributed by atoms with Gasteiger partial charge in [0.15, 0.2) is 0 Å². The van der Waals surface area contributed by atoms with Gasteiger partial charge in [0, 0.05) is 24.7 Å². The summed E-state index contributed by atoms with van der Waals surface area (Å²) in [7, 11) is -3.36. The molecule has 5 nitrogen and oxygen atoms in total. The molecular weight excluding hydrogens is 307 g/mol. The van der Waals surface area contributed by atoms with Gasteiger partial charge in [-0.1, -0.05) is 0 Å². The van der Waals surface area contributed by atoms with E-state index in [1.165, 1.54) is 11.2 Å². The van der Waals surface area contributed by atoms with Crippen molar-refractivity contribution in [1.29, 1.82) is 0 Å². The van der Waals surface area contributed by atoms with Crippen LogP contribution in [0.2, 0.25) is 0 Å². The van der Waals surface area contributed by atoms with Crippen LogP contribution in [-0.4, -0.2) is 42.0 Å². The second-order valence-electron chi connectivity index (χ2n) is 5.21. The Morgan fingerprint density at radius 2 is 2.00 bits per heavy atom. The number of nitrogens with zero attached hydrogens (tertiary/aromatic N) is 3. The summed E-state index contributed by atoms with van der Waals surface area (Å²) in [6, 6.07) is 0.890. The van der Waals surface area contributed by atoms with Crippen LogP contribution in [-0.2, 0) is 16.2 Å². The molecule has 0 saturated carbocycles. The molecule has 0 bridgehead atoms. The maximum absolute atomic E-state index is 12.8. The lowest BCUT2D eigenvalue weighted by molar-refractivity contribution is -0.141. The number of aromatic nitrogens is 2. The van der Waals surface area contributed by atoms with Gasteiger partial charge in [-0.2, -0.15) is 13.2 Å². The van der Waals surface area contributed by atoms with Crippen LogP contribution in [0.25, 0.3) is 0 Å². The van der Waals surface area contributed by atoms with Crippen molar-refractivity contribution in [2.75, 3.05) is 19.3 Å². The van der Waals surface area contributed by atoms with E-state index in [0.29, 0.717) is 19.4 Å². The molecule has 0 aromatic carbocycles. The number of alkyl halides is 3. The molecule has 0 unspecified atom stereocenters. The first kappa shape index (κ1) is 16.2. The highest BCUT2D eigenvalue weighted by molar-refractivity contribution is 7.88. The molecule has 0 radical (unpaired) electrons. The Morgan fingerprint density at radius 3 is 2.57 bits per heavy atom. The highest BCUT2D eigenvalue weighted by atomic mass is 32.2. The van der Waals surface area contributed by atoms with E-state index in [1.54, 1.807) is 0 Å². The van der Waals surface area contributed by atoms with Crippen molar-refractivity contribution in [3.63, 3.8) is 0 Å². The summed E-state index contributed by atoms with van der Waals surface area (Å²) in [5.74, 6) is -0.342. The van der Waals surface area contributed by atoms with E-state index in [9.17, 15) is 21.6 Å². The topological polar surface area (TPSA) is 63.2 Å². The fourth-order valence-electron chi connectivity index (χ4n) is 2.37. The summed E-state index contributed by atoms with van der Waals surface area (Å²) in [5.41, 5.74) is -0.759. The predicted molar refractivity (Wildman–Crippen MR) is 70.2 cm³/mol. The fourth-order valence-corrected chi connectivity index (χ4v) is 3.29. The Labute approximate surface area is 121 Å². The number of hydrogen-bond acceptors (Lipinski definition) is 4. The SMILES string of the molecule is Cc1cc(C(F)(F)F)nc([C@@H]2CCCN(S(C)(=O)=O)C2)n1. The van der Waals surface area contributed by atoms with Crippen LogP contribution in [0.4, 0.5) is 13.2 Å². The number of hydrogen-bond donors (Lipinski definition) is 0. The van der Waals surface area contributed by atoms with Gasteiger partial charge in [-0.05, 0) is 25.8 Å². The van der Waals surface area contributed by atoms with Gasteiger partial charge < -0.3 is 0 Å². The molecule has 0 N–H and O–H groups in total. The van der Waals surface area contributed by atoms with Crippen LogP contribution in [0.3, 0.4) is 0 Å². The van der Waals surface area contributed by atoms with Crippen molar-refractivity contribution < 1.29 is 21.6 Å². The minimum absolute atomic E-state index is 0.0654. The van der Waals surface area contributed by atoms with E-state index < -0.39 is 27.8 Å². The monoisotopic (exact) mass is 323 g/mol. The smallest absolute Gasteiger partial charge is 0.238 e. The third-order valence-electron chi connectivity index (χ3n) is 3.38. The average molecular weight is 323 g/mol. The molecule has 9 heteroatoms. The highest BCUT2D eigenvalue weighted by Crippen LogP contribution is 2.31. The Kier molecular flexibility index (Phi) is 4.25. The lowest BCUT2D eigenvalue weighted by Crippen LogP contribution is -2.39. The molecule has 1 aliphatic heterocycles. The normalized spacial score (nSPS) is 21.5. The fraction of sp³-hybridized carbons (Fsp3) is 0.667. The first-order chi connectivity index (χ1) is 9.57. The maximum atomic E-state index is 12.8. The van der Waals surface area contributed by atoms with Crippen molar-refractivity contribution in [3.8, 4) is 0 Å². The minimum atomic E-state index is -4.53. The van der Waals surface area contributed by atoms with Gasteiger partial charge in [-0.25, -0.2) is 22.7 Å². The van der Waals surface area contributed by atoms with Crippen molar-refractivity contribution in [3.05, 3.63) is 23.3 Å². The van der Waals surface area contributed by atoms with Crippen molar-refractivity contribution in [1.82, 2.24) is 14.3 Å². The summed E-state index contributed by atoms with van der Waals surface area (Å²) < 4.78 is 62.7. The van der Waals surface area contributed by atoms with Crippen LogP contribution < -0.4 is 0 Å². The zero-order chi connectivity index (χ0) is 15.8.